The van der Waals surface area contributed by atoms with Crippen molar-refractivity contribution in [1.29, 1.82) is 0 Å². The first-order valence-corrected chi connectivity index (χ1v) is 8.26. The van der Waals surface area contributed by atoms with E-state index in [1.807, 2.05) is 0 Å². The van der Waals surface area contributed by atoms with E-state index in [9.17, 15) is 14.0 Å². The van der Waals surface area contributed by atoms with E-state index in [-0.39, 0.29) is 30.8 Å². The number of halogens is 1. The number of rotatable bonds is 6. The molecule has 0 saturated carbocycles. The summed E-state index contributed by atoms with van der Waals surface area (Å²) in [5, 5.41) is 9.08. The molecule has 0 aromatic heterocycles. The van der Waals surface area contributed by atoms with E-state index in [0.29, 0.717) is 17.8 Å². The van der Waals surface area contributed by atoms with Gasteiger partial charge < -0.3 is 20.2 Å². The molecular formula is C17H20FN3O4. The minimum Gasteiger partial charge on any atom is -0.382 e. The molecule has 1 saturated heterocycles. The van der Waals surface area contributed by atoms with Gasteiger partial charge in [-0.15, -0.1) is 0 Å². The zero-order valence-electron chi connectivity index (χ0n) is 13.7. The van der Waals surface area contributed by atoms with E-state index in [4.69, 9.17) is 9.57 Å². The highest BCUT2D eigenvalue weighted by molar-refractivity contribution is 6.04. The van der Waals surface area contributed by atoms with Crippen LogP contribution in [0.4, 0.5) is 4.39 Å². The van der Waals surface area contributed by atoms with Gasteiger partial charge in [0.15, 0.2) is 0 Å². The highest BCUT2D eigenvalue weighted by Crippen LogP contribution is 2.17. The summed E-state index contributed by atoms with van der Waals surface area (Å²) in [6, 6.07) is 5.93. The second-order valence-corrected chi connectivity index (χ2v) is 6.00. The molecule has 1 fully saturated rings. The van der Waals surface area contributed by atoms with Crippen LogP contribution in [0.2, 0.25) is 0 Å². The average Bonchev–Trinajstić information content (AvgIpc) is 3.29. The van der Waals surface area contributed by atoms with E-state index in [1.165, 1.54) is 12.1 Å². The fourth-order valence-electron chi connectivity index (χ4n) is 2.73. The number of carbonyl (C=O) groups is 2. The van der Waals surface area contributed by atoms with Crippen molar-refractivity contribution in [3.05, 3.63) is 35.6 Å². The number of hydrogen-bond acceptors (Lipinski definition) is 5. The van der Waals surface area contributed by atoms with E-state index in [1.54, 1.807) is 12.1 Å². The Balaban J connectivity index is 1.40. The molecule has 0 unspecified atom stereocenters. The molecule has 134 valence electrons. The molecule has 8 heteroatoms. The summed E-state index contributed by atoms with van der Waals surface area (Å²) in [6.07, 6.45) is 1.41. The van der Waals surface area contributed by atoms with Crippen LogP contribution < -0.4 is 10.6 Å². The standard InChI is InChI=1S/C17H20FN3O4/c18-12-4-1-3-11(7-12)14-8-15(25-21-14)17(23)20-10-16(22)19-9-13-5-2-6-24-13/h1,3-4,7,13,15H,2,5-6,8-10H2,(H,19,22)(H,20,23)/t13-,15+/m0/s1. The van der Waals surface area contributed by atoms with Crippen molar-refractivity contribution < 1.29 is 23.6 Å². The second-order valence-electron chi connectivity index (χ2n) is 6.00. The number of nitrogens with one attached hydrogen (secondary N) is 2. The summed E-state index contributed by atoms with van der Waals surface area (Å²) in [4.78, 5) is 28.9. The monoisotopic (exact) mass is 349 g/mol. The topological polar surface area (TPSA) is 89.0 Å². The first-order chi connectivity index (χ1) is 12.1. The molecule has 25 heavy (non-hydrogen) atoms. The molecule has 1 aromatic carbocycles. The summed E-state index contributed by atoms with van der Waals surface area (Å²) in [7, 11) is 0. The number of oxime groups is 1. The molecule has 0 bridgehead atoms. The Bertz CT molecular complexity index is 674. The van der Waals surface area contributed by atoms with Crippen LogP contribution in [0.1, 0.15) is 24.8 Å². The summed E-state index contributed by atoms with van der Waals surface area (Å²) < 4.78 is 18.7. The molecule has 2 N–H and O–H groups in total. The third-order valence-corrected chi connectivity index (χ3v) is 4.09. The number of benzene rings is 1. The number of hydrogen-bond donors (Lipinski definition) is 2. The van der Waals surface area contributed by atoms with Crippen LogP contribution in [0, 0.1) is 5.82 Å². The minimum absolute atomic E-state index is 0.0556. The van der Waals surface area contributed by atoms with Crippen LogP contribution in [-0.2, 0) is 19.2 Å². The van der Waals surface area contributed by atoms with Gasteiger partial charge >= 0.3 is 0 Å². The molecule has 7 nitrogen and oxygen atoms in total. The van der Waals surface area contributed by atoms with Crippen molar-refractivity contribution in [2.45, 2.75) is 31.5 Å². The van der Waals surface area contributed by atoms with Gasteiger partial charge in [-0.2, -0.15) is 0 Å². The first-order valence-electron chi connectivity index (χ1n) is 8.26. The fourth-order valence-corrected chi connectivity index (χ4v) is 2.73. The zero-order valence-corrected chi connectivity index (χ0v) is 13.7. The third kappa shape index (κ3) is 4.76. The summed E-state index contributed by atoms with van der Waals surface area (Å²) in [5.41, 5.74) is 1.08. The lowest BCUT2D eigenvalue weighted by Crippen LogP contribution is -2.43. The predicted molar refractivity (Wildman–Crippen MR) is 87.4 cm³/mol. The van der Waals surface area contributed by atoms with Crippen molar-refractivity contribution in [2.24, 2.45) is 5.16 Å². The number of ether oxygens (including phenoxy) is 1. The van der Waals surface area contributed by atoms with Gasteiger partial charge in [0.25, 0.3) is 5.91 Å². The van der Waals surface area contributed by atoms with Crippen LogP contribution in [0.5, 0.6) is 0 Å². The zero-order chi connectivity index (χ0) is 17.6. The van der Waals surface area contributed by atoms with E-state index < -0.39 is 12.0 Å². The maximum absolute atomic E-state index is 13.2. The lowest BCUT2D eigenvalue weighted by atomic mass is 10.0. The second kappa shape index (κ2) is 8.06. The van der Waals surface area contributed by atoms with Crippen LogP contribution >= 0.6 is 0 Å². The van der Waals surface area contributed by atoms with Crippen molar-refractivity contribution in [1.82, 2.24) is 10.6 Å². The Kier molecular flexibility index (Phi) is 5.60. The van der Waals surface area contributed by atoms with Crippen LogP contribution in [0.15, 0.2) is 29.4 Å². The third-order valence-electron chi connectivity index (χ3n) is 4.09. The van der Waals surface area contributed by atoms with Gasteiger partial charge in [0.05, 0.1) is 18.4 Å². The number of carbonyl (C=O) groups excluding carboxylic acids is 2. The van der Waals surface area contributed by atoms with Crippen LogP contribution in [-0.4, -0.2) is 49.4 Å². The van der Waals surface area contributed by atoms with Gasteiger partial charge in [0, 0.05) is 25.1 Å². The quantitative estimate of drug-likeness (QED) is 0.792. The Morgan fingerprint density at radius 1 is 1.32 bits per heavy atom. The SMILES string of the molecule is O=C(CNC(=O)[C@H]1CC(c2cccc(F)c2)=NO1)NC[C@@H]1CCCO1. The lowest BCUT2D eigenvalue weighted by Gasteiger charge is -2.12. The number of nitrogens with zero attached hydrogens (tertiary/aromatic N) is 1. The first kappa shape index (κ1) is 17.3. The molecular weight excluding hydrogens is 329 g/mol. The minimum atomic E-state index is -0.816. The number of amides is 2. The molecule has 2 aliphatic rings. The largest absolute Gasteiger partial charge is 0.382 e. The van der Waals surface area contributed by atoms with Crippen LogP contribution in [0.25, 0.3) is 0 Å². The maximum atomic E-state index is 13.2. The van der Waals surface area contributed by atoms with Crippen LogP contribution in [0.3, 0.4) is 0 Å². The molecule has 3 rings (SSSR count). The Morgan fingerprint density at radius 2 is 2.20 bits per heavy atom. The molecule has 2 amide bonds. The maximum Gasteiger partial charge on any atom is 0.264 e. The molecule has 2 atom stereocenters. The highest BCUT2D eigenvalue weighted by Gasteiger charge is 2.29. The summed E-state index contributed by atoms with van der Waals surface area (Å²) in [5.74, 6) is -1.09. The molecule has 1 aromatic rings. The lowest BCUT2D eigenvalue weighted by molar-refractivity contribution is -0.133. The predicted octanol–water partition coefficient (Wildman–Crippen LogP) is 0.730. The van der Waals surface area contributed by atoms with E-state index in [0.717, 1.165) is 19.4 Å². The van der Waals surface area contributed by atoms with Gasteiger partial charge in [-0.1, -0.05) is 17.3 Å². The Hall–Kier alpha value is -2.48. The highest BCUT2D eigenvalue weighted by atomic mass is 19.1. The van der Waals surface area contributed by atoms with E-state index >= 15 is 0 Å². The fraction of sp³-hybridized carbons (Fsp3) is 0.471. The van der Waals surface area contributed by atoms with Gasteiger partial charge in [0.2, 0.25) is 12.0 Å². The Labute approximate surface area is 144 Å². The van der Waals surface area contributed by atoms with E-state index in [2.05, 4.69) is 15.8 Å². The van der Waals surface area contributed by atoms with Gasteiger partial charge in [-0.05, 0) is 25.0 Å². The van der Waals surface area contributed by atoms with Gasteiger partial charge in [-0.25, -0.2) is 4.39 Å². The molecule has 0 spiro atoms. The Morgan fingerprint density at radius 3 is 2.96 bits per heavy atom. The summed E-state index contributed by atoms with van der Waals surface area (Å²) >= 11 is 0. The van der Waals surface area contributed by atoms with Crippen molar-refractivity contribution >= 4 is 17.5 Å². The molecule has 2 heterocycles. The molecule has 2 aliphatic heterocycles. The van der Waals surface area contributed by atoms with Crippen molar-refractivity contribution in [3.8, 4) is 0 Å². The molecule has 0 aliphatic carbocycles. The van der Waals surface area contributed by atoms with Gasteiger partial charge in [-0.3, -0.25) is 9.59 Å². The average molecular weight is 349 g/mol. The summed E-state index contributed by atoms with van der Waals surface area (Å²) in [6.45, 7) is 1.03. The van der Waals surface area contributed by atoms with Gasteiger partial charge in [0.1, 0.15) is 5.82 Å². The van der Waals surface area contributed by atoms with Crippen molar-refractivity contribution in [3.63, 3.8) is 0 Å². The normalized spacial score (nSPS) is 22.2. The molecule has 0 radical (unpaired) electrons. The smallest absolute Gasteiger partial charge is 0.264 e. The van der Waals surface area contributed by atoms with Crippen molar-refractivity contribution in [2.75, 3.05) is 19.7 Å².